The van der Waals surface area contributed by atoms with Gasteiger partial charge in [0.05, 0.1) is 0 Å². The Morgan fingerprint density at radius 2 is 2.06 bits per heavy atom. The van der Waals surface area contributed by atoms with Crippen LogP contribution >= 0.6 is 0 Å². The number of benzene rings is 1. The molecule has 2 aliphatic rings. The molecule has 2 atom stereocenters. The third kappa shape index (κ3) is 1.75. The average molecular weight is 231 g/mol. The van der Waals surface area contributed by atoms with Crippen molar-refractivity contribution in [2.24, 2.45) is 0 Å². The lowest BCUT2D eigenvalue weighted by Crippen LogP contribution is -2.55. The van der Waals surface area contributed by atoms with Crippen LogP contribution in [0.1, 0.15) is 31.2 Å². The maximum atomic E-state index is 6.37. The van der Waals surface area contributed by atoms with E-state index >= 15 is 0 Å². The molecule has 0 saturated heterocycles. The molecule has 1 aliphatic heterocycles. The second-order valence-electron chi connectivity index (χ2n) is 5.68. The fourth-order valence-corrected chi connectivity index (χ4v) is 3.57. The first-order chi connectivity index (χ1) is 8.21. The number of rotatable bonds is 1. The number of hydrogen-bond donors (Lipinski definition) is 0. The van der Waals surface area contributed by atoms with Crippen LogP contribution in [-0.2, 0) is 6.42 Å². The number of ether oxygens (including phenoxy) is 1. The van der Waals surface area contributed by atoms with Crippen LogP contribution < -0.4 is 4.74 Å². The third-order valence-corrected chi connectivity index (χ3v) is 4.33. The Hall–Kier alpha value is -1.02. The molecule has 1 heterocycles. The van der Waals surface area contributed by atoms with Crippen molar-refractivity contribution in [3.05, 3.63) is 29.8 Å². The molecule has 0 bridgehead atoms. The summed E-state index contributed by atoms with van der Waals surface area (Å²) in [6, 6.07) is 9.08. The van der Waals surface area contributed by atoms with Crippen LogP contribution in [-0.4, -0.2) is 30.6 Å². The third-order valence-electron chi connectivity index (χ3n) is 4.33. The maximum absolute atomic E-state index is 6.37. The van der Waals surface area contributed by atoms with Crippen molar-refractivity contribution in [3.63, 3.8) is 0 Å². The van der Waals surface area contributed by atoms with Gasteiger partial charge in [-0.25, -0.2) is 0 Å². The number of nitrogens with zero attached hydrogens (tertiary/aromatic N) is 1. The van der Waals surface area contributed by atoms with E-state index in [2.05, 4.69) is 43.3 Å². The van der Waals surface area contributed by atoms with Gasteiger partial charge in [0.15, 0.2) is 0 Å². The quantitative estimate of drug-likeness (QED) is 0.737. The molecular weight excluding hydrogens is 210 g/mol. The topological polar surface area (TPSA) is 12.5 Å². The summed E-state index contributed by atoms with van der Waals surface area (Å²) in [5, 5.41) is 0. The highest BCUT2D eigenvalue weighted by atomic mass is 16.5. The molecule has 1 saturated carbocycles. The summed E-state index contributed by atoms with van der Waals surface area (Å²) in [5.41, 5.74) is 1.44. The van der Waals surface area contributed by atoms with Gasteiger partial charge >= 0.3 is 0 Å². The van der Waals surface area contributed by atoms with Crippen LogP contribution in [0, 0.1) is 0 Å². The van der Waals surface area contributed by atoms with Crippen molar-refractivity contribution < 1.29 is 4.74 Å². The molecule has 2 unspecified atom stereocenters. The van der Waals surface area contributed by atoms with E-state index in [0.29, 0.717) is 6.04 Å². The van der Waals surface area contributed by atoms with Crippen LogP contribution in [0.25, 0.3) is 0 Å². The zero-order valence-electron chi connectivity index (χ0n) is 10.8. The van der Waals surface area contributed by atoms with Gasteiger partial charge in [0.25, 0.3) is 0 Å². The predicted octanol–water partition coefficient (Wildman–Crippen LogP) is 2.86. The molecule has 17 heavy (non-hydrogen) atoms. The predicted molar refractivity (Wildman–Crippen MR) is 69.4 cm³/mol. The SMILES string of the molecule is CN(C)C1CCCCC12Cc1ccccc1O2. The van der Waals surface area contributed by atoms with Crippen molar-refractivity contribution >= 4 is 0 Å². The highest BCUT2D eigenvalue weighted by Gasteiger charge is 2.47. The number of likely N-dealkylation sites (N-methyl/N-ethyl adjacent to an activating group) is 1. The second kappa shape index (κ2) is 4.02. The Morgan fingerprint density at radius 1 is 1.24 bits per heavy atom. The van der Waals surface area contributed by atoms with Gasteiger partial charge < -0.3 is 9.64 Å². The minimum absolute atomic E-state index is 0.0471. The van der Waals surface area contributed by atoms with Crippen molar-refractivity contribution in [2.45, 2.75) is 43.7 Å². The van der Waals surface area contributed by atoms with Crippen LogP contribution in [0.15, 0.2) is 24.3 Å². The van der Waals surface area contributed by atoms with E-state index < -0.39 is 0 Å². The molecule has 2 heteroatoms. The fourth-order valence-electron chi connectivity index (χ4n) is 3.57. The first kappa shape index (κ1) is 11.1. The van der Waals surface area contributed by atoms with E-state index in [1.807, 2.05) is 0 Å². The van der Waals surface area contributed by atoms with Crippen molar-refractivity contribution in [1.82, 2.24) is 4.90 Å². The molecule has 0 amide bonds. The van der Waals surface area contributed by atoms with Crippen molar-refractivity contribution in [3.8, 4) is 5.75 Å². The Morgan fingerprint density at radius 3 is 2.82 bits per heavy atom. The van der Waals surface area contributed by atoms with E-state index in [-0.39, 0.29) is 5.60 Å². The van der Waals surface area contributed by atoms with E-state index in [4.69, 9.17) is 4.74 Å². The summed E-state index contributed by atoms with van der Waals surface area (Å²) in [6.45, 7) is 0. The lowest BCUT2D eigenvalue weighted by atomic mass is 9.77. The van der Waals surface area contributed by atoms with E-state index in [1.165, 1.54) is 31.2 Å². The Kier molecular flexibility index (Phi) is 2.62. The minimum atomic E-state index is 0.0471. The van der Waals surface area contributed by atoms with Gasteiger partial charge in [0.1, 0.15) is 11.4 Å². The molecule has 2 nitrogen and oxygen atoms in total. The van der Waals surface area contributed by atoms with Crippen molar-refractivity contribution in [2.75, 3.05) is 14.1 Å². The number of fused-ring (bicyclic) bond motifs is 1. The van der Waals surface area contributed by atoms with Gasteiger partial charge in [-0.05, 0) is 45.0 Å². The molecule has 1 aromatic carbocycles. The standard InChI is InChI=1S/C15H21NO/c1-16(2)14-9-5-6-10-15(14)11-12-7-3-4-8-13(12)17-15/h3-4,7-8,14H,5-6,9-11H2,1-2H3. The highest BCUT2D eigenvalue weighted by Crippen LogP contribution is 2.44. The largest absolute Gasteiger partial charge is 0.485 e. The summed E-state index contributed by atoms with van der Waals surface area (Å²) in [4.78, 5) is 2.35. The average Bonchev–Trinajstić information content (AvgIpc) is 2.67. The summed E-state index contributed by atoms with van der Waals surface area (Å²) in [5.74, 6) is 1.11. The van der Waals surface area contributed by atoms with Crippen LogP contribution in [0.2, 0.25) is 0 Å². The molecule has 0 N–H and O–H groups in total. The molecule has 1 spiro atoms. The molecule has 1 aliphatic carbocycles. The van der Waals surface area contributed by atoms with Gasteiger partial charge in [0.2, 0.25) is 0 Å². The normalized spacial score (nSPS) is 31.6. The smallest absolute Gasteiger partial charge is 0.129 e. The first-order valence-electron chi connectivity index (χ1n) is 6.65. The van der Waals surface area contributed by atoms with Crippen LogP contribution in [0.3, 0.4) is 0 Å². The zero-order chi connectivity index (χ0) is 11.9. The van der Waals surface area contributed by atoms with E-state index in [0.717, 1.165) is 12.2 Å². The van der Waals surface area contributed by atoms with Gasteiger partial charge in [-0.15, -0.1) is 0 Å². The maximum Gasteiger partial charge on any atom is 0.129 e. The molecule has 3 rings (SSSR count). The Labute approximate surface area is 104 Å². The molecule has 1 fully saturated rings. The van der Waals surface area contributed by atoms with Crippen molar-refractivity contribution in [1.29, 1.82) is 0 Å². The highest BCUT2D eigenvalue weighted by molar-refractivity contribution is 5.40. The van der Waals surface area contributed by atoms with Crippen LogP contribution in [0.4, 0.5) is 0 Å². The van der Waals surface area contributed by atoms with Gasteiger partial charge in [0, 0.05) is 12.5 Å². The molecule has 1 aromatic rings. The zero-order valence-corrected chi connectivity index (χ0v) is 10.8. The second-order valence-corrected chi connectivity index (χ2v) is 5.68. The van der Waals surface area contributed by atoms with Gasteiger partial charge in [-0.2, -0.15) is 0 Å². The van der Waals surface area contributed by atoms with E-state index in [1.54, 1.807) is 0 Å². The summed E-state index contributed by atoms with van der Waals surface area (Å²) >= 11 is 0. The Balaban J connectivity index is 1.92. The molecule has 0 radical (unpaired) electrons. The van der Waals surface area contributed by atoms with E-state index in [9.17, 15) is 0 Å². The molecular formula is C15H21NO. The van der Waals surface area contributed by atoms with Gasteiger partial charge in [-0.1, -0.05) is 24.6 Å². The summed E-state index contributed by atoms with van der Waals surface area (Å²) < 4.78 is 6.37. The summed E-state index contributed by atoms with van der Waals surface area (Å²) in [7, 11) is 4.37. The summed E-state index contributed by atoms with van der Waals surface area (Å²) in [6.07, 6.45) is 6.19. The Bertz CT molecular complexity index is 388. The molecule has 0 aromatic heterocycles. The fraction of sp³-hybridized carbons (Fsp3) is 0.600. The number of para-hydroxylation sites is 1. The molecule has 92 valence electrons. The minimum Gasteiger partial charge on any atom is -0.485 e. The lowest BCUT2D eigenvalue weighted by molar-refractivity contribution is -0.0222. The lowest BCUT2D eigenvalue weighted by Gasteiger charge is -2.44. The first-order valence-corrected chi connectivity index (χ1v) is 6.65. The van der Waals surface area contributed by atoms with Crippen LogP contribution in [0.5, 0.6) is 5.75 Å². The monoisotopic (exact) mass is 231 g/mol. The van der Waals surface area contributed by atoms with Gasteiger partial charge in [-0.3, -0.25) is 0 Å². The number of hydrogen-bond acceptors (Lipinski definition) is 2.